The Hall–Kier alpha value is -6.92. The Morgan fingerprint density at radius 2 is 0.930 bits per heavy atom. The van der Waals surface area contributed by atoms with Crippen molar-refractivity contribution in [3.05, 3.63) is 176 Å². The van der Waals surface area contributed by atoms with Crippen molar-refractivity contribution < 1.29 is 0 Å². The van der Waals surface area contributed by atoms with Gasteiger partial charge < -0.3 is 4.57 Å². The van der Waals surface area contributed by atoms with Gasteiger partial charge in [-0.05, 0) is 64.0 Å². The third kappa shape index (κ3) is 4.47. The van der Waals surface area contributed by atoms with Gasteiger partial charge in [0.25, 0.3) is 0 Å². The van der Waals surface area contributed by atoms with Crippen molar-refractivity contribution in [2.24, 2.45) is 0 Å². The average Bonchev–Trinajstić information content (AvgIpc) is 3.96. The average molecular weight is 760 g/mol. The summed E-state index contributed by atoms with van der Waals surface area (Å²) in [6.45, 7) is 0. The summed E-state index contributed by atoms with van der Waals surface area (Å²) in [7, 11) is 0. The van der Waals surface area contributed by atoms with Crippen LogP contribution in [0.25, 0.3) is 123 Å². The minimum absolute atomic E-state index is 0.733. The molecular weight excluding hydrogens is 731 g/mol. The molecule has 3 nitrogen and oxygen atoms in total. The van der Waals surface area contributed by atoms with E-state index >= 15 is 0 Å². The number of thiophene rings is 2. The van der Waals surface area contributed by atoms with E-state index in [1.54, 1.807) is 0 Å². The van der Waals surface area contributed by atoms with Gasteiger partial charge in [-0.1, -0.05) is 133 Å². The standard InChI is InChI=1S/C52H29N3S2/c1-3-14-33-30(12-1)24-26-43-47(33)48-34-15-4-2-13-31(34)25-27-44(48)55(43)32-28-40-36-17-7-10-23-46(36)57-51(40)41(29-32)52-53-42-21-8-5-18-38(42)49(54-52)39-20-11-19-37-35-16-6-9-22-45(35)56-50(37)39/h1-29H. The summed E-state index contributed by atoms with van der Waals surface area (Å²) in [5, 5.41) is 13.6. The molecule has 57 heavy (non-hydrogen) atoms. The zero-order chi connectivity index (χ0) is 37.2. The van der Waals surface area contributed by atoms with Crippen LogP contribution in [0.15, 0.2) is 176 Å². The fourth-order valence-electron chi connectivity index (χ4n) is 9.27. The summed E-state index contributed by atoms with van der Waals surface area (Å²) in [5.74, 6) is 0.733. The van der Waals surface area contributed by atoms with E-state index in [2.05, 4.69) is 180 Å². The maximum Gasteiger partial charge on any atom is 0.161 e. The minimum Gasteiger partial charge on any atom is -0.309 e. The van der Waals surface area contributed by atoms with Crippen molar-refractivity contribution in [2.45, 2.75) is 0 Å². The van der Waals surface area contributed by atoms with Crippen LogP contribution in [0.2, 0.25) is 0 Å². The lowest BCUT2D eigenvalue weighted by Gasteiger charge is -2.14. The highest BCUT2D eigenvalue weighted by atomic mass is 32.1. The molecule has 13 rings (SSSR count). The lowest BCUT2D eigenvalue weighted by Crippen LogP contribution is -1.98. The van der Waals surface area contributed by atoms with Crippen LogP contribution >= 0.6 is 22.7 Å². The normalized spacial score (nSPS) is 12.2. The van der Waals surface area contributed by atoms with Crippen molar-refractivity contribution in [3.8, 4) is 28.3 Å². The number of hydrogen-bond acceptors (Lipinski definition) is 4. The first-order valence-corrected chi connectivity index (χ1v) is 20.9. The minimum atomic E-state index is 0.733. The van der Waals surface area contributed by atoms with Gasteiger partial charge in [0.05, 0.1) is 22.2 Å². The predicted octanol–water partition coefficient (Wildman–Crippen LogP) is 15.1. The van der Waals surface area contributed by atoms with E-state index < -0.39 is 0 Å². The fourth-order valence-corrected chi connectivity index (χ4v) is 11.7. The van der Waals surface area contributed by atoms with Crippen molar-refractivity contribution >= 4 is 117 Å². The van der Waals surface area contributed by atoms with Gasteiger partial charge in [-0.25, -0.2) is 9.97 Å². The van der Waals surface area contributed by atoms with E-state index in [1.165, 1.54) is 83.7 Å². The largest absolute Gasteiger partial charge is 0.309 e. The van der Waals surface area contributed by atoms with Crippen LogP contribution < -0.4 is 0 Å². The first-order chi connectivity index (χ1) is 28.3. The highest BCUT2D eigenvalue weighted by Gasteiger charge is 2.22. The van der Waals surface area contributed by atoms with Crippen LogP contribution in [-0.2, 0) is 0 Å². The number of nitrogens with zero attached hydrogens (tertiary/aromatic N) is 3. The molecule has 0 spiro atoms. The van der Waals surface area contributed by atoms with E-state index in [-0.39, 0.29) is 0 Å². The van der Waals surface area contributed by atoms with E-state index in [0.29, 0.717) is 0 Å². The Labute approximate surface area is 334 Å². The molecule has 0 fully saturated rings. The molecule has 0 aliphatic rings. The second kappa shape index (κ2) is 11.8. The SMILES string of the molecule is c1ccc2c(c1)ccc1c2c2c3ccccc3ccc2n1-c1cc(-c2nc(-c3cccc4c3sc3ccccc34)c3ccccc3n2)c2sc3ccccc3c2c1. The summed E-state index contributed by atoms with van der Waals surface area (Å²) >= 11 is 3.67. The molecule has 264 valence electrons. The number of benzene rings is 9. The molecule has 0 saturated carbocycles. The van der Waals surface area contributed by atoms with Crippen LogP contribution in [0.1, 0.15) is 0 Å². The molecule has 0 atom stereocenters. The fraction of sp³-hybridized carbons (Fsp3) is 0. The zero-order valence-electron chi connectivity index (χ0n) is 30.4. The van der Waals surface area contributed by atoms with Crippen LogP contribution in [0.4, 0.5) is 0 Å². The van der Waals surface area contributed by atoms with Crippen molar-refractivity contribution in [3.63, 3.8) is 0 Å². The molecular formula is C52H29N3S2. The van der Waals surface area contributed by atoms with Crippen molar-refractivity contribution in [2.75, 3.05) is 0 Å². The van der Waals surface area contributed by atoms with E-state index in [0.717, 1.165) is 39.2 Å². The van der Waals surface area contributed by atoms with E-state index in [4.69, 9.17) is 9.97 Å². The monoisotopic (exact) mass is 759 g/mol. The number of rotatable bonds is 3. The highest BCUT2D eigenvalue weighted by Crippen LogP contribution is 2.46. The van der Waals surface area contributed by atoms with Gasteiger partial charge in [-0.15, -0.1) is 22.7 Å². The Bertz CT molecular complexity index is 3740. The molecule has 9 aromatic carbocycles. The molecule has 0 aliphatic carbocycles. The lowest BCUT2D eigenvalue weighted by atomic mass is 10.00. The van der Waals surface area contributed by atoms with E-state index in [1.807, 2.05) is 22.7 Å². The molecule has 0 N–H and O–H groups in total. The summed E-state index contributed by atoms with van der Waals surface area (Å²) in [6, 6.07) is 64.0. The Balaban J connectivity index is 1.16. The molecule has 0 radical (unpaired) electrons. The summed E-state index contributed by atoms with van der Waals surface area (Å²) in [4.78, 5) is 11.0. The number of fused-ring (bicyclic) bond motifs is 14. The molecule has 0 amide bonds. The third-order valence-corrected chi connectivity index (χ3v) is 14.2. The highest BCUT2D eigenvalue weighted by molar-refractivity contribution is 7.26. The number of aromatic nitrogens is 3. The first kappa shape index (κ1) is 31.3. The lowest BCUT2D eigenvalue weighted by molar-refractivity contribution is 1.18. The van der Waals surface area contributed by atoms with Gasteiger partial charge in [-0.2, -0.15) is 0 Å². The van der Waals surface area contributed by atoms with Gasteiger partial charge in [0.15, 0.2) is 5.82 Å². The molecule has 0 saturated heterocycles. The predicted molar refractivity (Wildman–Crippen MR) is 246 cm³/mol. The second-order valence-corrected chi connectivity index (χ2v) is 17.0. The maximum atomic E-state index is 5.60. The molecule has 13 aromatic rings. The zero-order valence-corrected chi connectivity index (χ0v) is 32.0. The Kier molecular flexibility index (Phi) is 6.48. The smallest absolute Gasteiger partial charge is 0.161 e. The summed E-state index contributed by atoms with van der Waals surface area (Å²) in [6.07, 6.45) is 0. The summed E-state index contributed by atoms with van der Waals surface area (Å²) in [5.41, 5.74) is 7.53. The third-order valence-electron chi connectivity index (χ3n) is 11.8. The molecule has 0 unspecified atom stereocenters. The summed E-state index contributed by atoms with van der Waals surface area (Å²) < 4.78 is 7.45. The van der Waals surface area contributed by atoms with Crippen LogP contribution in [0.3, 0.4) is 0 Å². The van der Waals surface area contributed by atoms with Crippen LogP contribution in [0, 0.1) is 0 Å². The van der Waals surface area contributed by atoms with Crippen LogP contribution in [0.5, 0.6) is 0 Å². The quantitative estimate of drug-likeness (QED) is 0.180. The van der Waals surface area contributed by atoms with Crippen molar-refractivity contribution in [1.29, 1.82) is 0 Å². The van der Waals surface area contributed by atoms with Crippen molar-refractivity contribution in [1.82, 2.24) is 14.5 Å². The van der Waals surface area contributed by atoms with Crippen LogP contribution in [-0.4, -0.2) is 14.5 Å². The Morgan fingerprint density at radius 1 is 0.386 bits per heavy atom. The molecule has 4 aromatic heterocycles. The number of hydrogen-bond donors (Lipinski definition) is 0. The van der Waals surface area contributed by atoms with Gasteiger partial charge in [0.2, 0.25) is 0 Å². The van der Waals surface area contributed by atoms with Gasteiger partial charge in [-0.3, -0.25) is 0 Å². The molecule has 5 heteroatoms. The molecule has 0 bridgehead atoms. The number of para-hydroxylation sites is 1. The van der Waals surface area contributed by atoms with Gasteiger partial charge >= 0.3 is 0 Å². The maximum absolute atomic E-state index is 5.60. The van der Waals surface area contributed by atoms with Gasteiger partial charge in [0.1, 0.15) is 0 Å². The topological polar surface area (TPSA) is 30.7 Å². The molecule has 4 heterocycles. The second-order valence-electron chi connectivity index (χ2n) is 14.9. The molecule has 0 aliphatic heterocycles. The van der Waals surface area contributed by atoms with Gasteiger partial charge in [0, 0.05) is 73.3 Å². The first-order valence-electron chi connectivity index (χ1n) is 19.2. The Morgan fingerprint density at radius 3 is 1.61 bits per heavy atom. The van der Waals surface area contributed by atoms with E-state index in [9.17, 15) is 0 Å².